The topological polar surface area (TPSA) is 29.5 Å². The van der Waals surface area contributed by atoms with Crippen LogP contribution in [0, 0.1) is 5.92 Å². The highest BCUT2D eigenvalue weighted by atomic mass is 16.5. The molecule has 2 nitrogen and oxygen atoms in total. The van der Waals surface area contributed by atoms with E-state index in [2.05, 4.69) is 6.92 Å². The van der Waals surface area contributed by atoms with Gasteiger partial charge in [-0.15, -0.1) is 0 Å². The third-order valence-corrected chi connectivity index (χ3v) is 4.43. The molecule has 1 fully saturated rings. The van der Waals surface area contributed by atoms with Gasteiger partial charge in [-0.25, -0.2) is 0 Å². The molecule has 0 amide bonds. The molecule has 1 aliphatic rings. The Labute approximate surface area is 116 Å². The summed E-state index contributed by atoms with van der Waals surface area (Å²) in [5.74, 6) is 1.65. The van der Waals surface area contributed by atoms with Gasteiger partial charge >= 0.3 is 0 Å². The molecule has 1 aromatic rings. The number of hydrogen-bond acceptors (Lipinski definition) is 2. The molecule has 19 heavy (non-hydrogen) atoms. The lowest BCUT2D eigenvalue weighted by Crippen LogP contribution is -2.24. The third kappa shape index (κ3) is 3.50. The largest absolute Gasteiger partial charge is 0.494 e. The van der Waals surface area contributed by atoms with Gasteiger partial charge in [0.25, 0.3) is 0 Å². The molecular weight excluding hydrogens is 236 g/mol. The lowest BCUT2D eigenvalue weighted by molar-refractivity contribution is 0.0194. The van der Waals surface area contributed by atoms with Crippen molar-refractivity contribution < 1.29 is 9.84 Å². The quantitative estimate of drug-likeness (QED) is 0.821. The Hall–Kier alpha value is -1.02. The Bertz CT molecular complexity index is 402. The summed E-state index contributed by atoms with van der Waals surface area (Å²) in [5, 5.41) is 11.0. The number of hydrogen-bond donors (Lipinski definition) is 1. The fraction of sp³-hybridized carbons (Fsp3) is 0.647. The Morgan fingerprint density at radius 2 is 2.11 bits per heavy atom. The van der Waals surface area contributed by atoms with Gasteiger partial charge in [0.05, 0.1) is 12.2 Å². The molecule has 0 bridgehead atoms. The van der Waals surface area contributed by atoms with E-state index in [4.69, 9.17) is 4.74 Å². The summed E-state index contributed by atoms with van der Waals surface area (Å²) in [6.07, 6.45) is 6.49. The van der Waals surface area contributed by atoms with Crippen LogP contribution >= 0.6 is 0 Å². The second kappa shape index (κ2) is 6.42. The molecule has 0 aromatic heterocycles. The van der Waals surface area contributed by atoms with E-state index in [-0.39, 0.29) is 0 Å². The number of ether oxygens (including phenoxy) is 1. The van der Waals surface area contributed by atoms with E-state index in [1.54, 1.807) is 0 Å². The Kier molecular flexibility index (Phi) is 4.87. The highest BCUT2D eigenvalue weighted by molar-refractivity contribution is 5.32. The summed E-state index contributed by atoms with van der Waals surface area (Å²) in [6, 6.07) is 7.99. The van der Waals surface area contributed by atoms with Gasteiger partial charge in [0.2, 0.25) is 0 Å². The van der Waals surface area contributed by atoms with Crippen LogP contribution in [0.5, 0.6) is 5.75 Å². The monoisotopic (exact) mass is 262 g/mol. The fourth-order valence-corrected chi connectivity index (χ4v) is 3.13. The van der Waals surface area contributed by atoms with Crippen molar-refractivity contribution in [3.05, 3.63) is 29.8 Å². The van der Waals surface area contributed by atoms with Crippen LogP contribution in [-0.4, -0.2) is 11.7 Å². The maximum atomic E-state index is 11.0. The van der Waals surface area contributed by atoms with E-state index in [0.29, 0.717) is 6.61 Å². The normalized spacial score (nSPS) is 27.8. The summed E-state index contributed by atoms with van der Waals surface area (Å²) >= 11 is 0. The van der Waals surface area contributed by atoms with Gasteiger partial charge in [0, 0.05) is 0 Å². The van der Waals surface area contributed by atoms with Gasteiger partial charge in [-0.1, -0.05) is 31.9 Å². The molecule has 106 valence electrons. The maximum Gasteiger partial charge on any atom is 0.119 e. The van der Waals surface area contributed by atoms with Crippen LogP contribution in [0.4, 0.5) is 0 Å². The first-order chi connectivity index (χ1) is 9.18. The van der Waals surface area contributed by atoms with Crippen LogP contribution in [0.15, 0.2) is 24.3 Å². The van der Waals surface area contributed by atoms with Crippen LogP contribution in [0.3, 0.4) is 0 Å². The Morgan fingerprint density at radius 1 is 1.26 bits per heavy atom. The van der Waals surface area contributed by atoms with E-state index in [9.17, 15) is 5.11 Å². The summed E-state index contributed by atoms with van der Waals surface area (Å²) < 4.78 is 5.54. The fourth-order valence-electron chi connectivity index (χ4n) is 3.13. The van der Waals surface area contributed by atoms with Crippen molar-refractivity contribution in [3.63, 3.8) is 0 Å². The smallest absolute Gasteiger partial charge is 0.119 e. The molecule has 0 radical (unpaired) electrons. The number of benzene rings is 1. The molecule has 2 heteroatoms. The third-order valence-electron chi connectivity index (χ3n) is 4.43. The van der Waals surface area contributed by atoms with E-state index in [1.807, 2.05) is 31.2 Å². The van der Waals surface area contributed by atoms with Crippen LogP contribution in [0.25, 0.3) is 0 Å². The standard InChI is InChI=1S/C17H26O2/c1-3-14-7-6-11-17(18,12-10-14)15-8-5-9-16(13-15)19-4-2/h5,8-9,13-14,18H,3-4,6-7,10-12H2,1-2H3. The maximum absolute atomic E-state index is 11.0. The zero-order valence-electron chi connectivity index (χ0n) is 12.2. The number of aliphatic hydroxyl groups is 1. The summed E-state index contributed by atoms with van der Waals surface area (Å²) in [4.78, 5) is 0. The summed E-state index contributed by atoms with van der Waals surface area (Å²) in [5.41, 5.74) is 0.368. The molecule has 2 unspecified atom stereocenters. The molecule has 1 N–H and O–H groups in total. The molecule has 2 rings (SSSR count). The molecule has 0 spiro atoms. The highest BCUT2D eigenvalue weighted by Gasteiger charge is 2.32. The van der Waals surface area contributed by atoms with E-state index in [1.165, 1.54) is 12.8 Å². The molecule has 0 heterocycles. The second-order valence-electron chi connectivity index (χ2n) is 5.70. The SMILES string of the molecule is CCOc1cccc(C2(O)CCCC(CC)CC2)c1. The van der Waals surface area contributed by atoms with Gasteiger partial charge in [-0.3, -0.25) is 0 Å². The zero-order chi connectivity index (χ0) is 13.7. The van der Waals surface area contributed by atoms with Crippen molar-refractivity contribution in [2.75, 3.05) is 6.61 Å². The van der Waals surface area contributed by atoms with Crippen molar-refractivity contribution in [1.82, 2.24) is 0 Å². The minimum atomic E-state index is -0.656. The lowest BCUT2D eigenvalue weighted by Gasteiger charge is -2.27. The van der Waals surface area contributed by atoms with Crippen LogP contribution < -0.4 is 4.74 Å². The highest BCUT2D eigenvalue weighted by Crippen LogP contribution is 2.39. The van der Waals surface area contributed by atoms with Gasteiger partial charge < -0.3 is 9.84 Å². The second-order valence-corrected chi connectivity index (χ2v) is 5.70. The van der Waals surface area contributed by atoms with E-state index >= 15 is 0 Å². The predicted octanol–water partition coefficient (Wildman–Crippen LogP) is 4.26. The molecular formula is C17H26O2. The molecule has 1 aromatic carbocycles. The Morgan fingerprint density at radius 3 is 2.84 bits per heavy atom. The zero-order valence-corrected chi connectivity index (χ0v) is 12.2. The minimum absolute atomic E-state index is 0.656. The lowest BCUT2D eigenvalue weighted by atomic mass is 9.86. The van der Waals surface area contributed by atoms with Crippen molar-refractivity contribution in [3.8, 4) is 5.75 Å². The van der Waals surface area contributed by atoms with Crippen molar-refractivity contribution in [2.24, 2.45) is 5.92 Å². The van der Waals surface area contributed by atoms with Crippen LogP contribution in [0.1, 0.15) is 57.9 Å². The Balaban J connectivity index is 2.16. The first-order valence-electron chi connectivity index (χ1n) is 7.63. The first-order valence-corrected chi connectivity index (χ1v) is 7.63. The molecule has 0 saturated heterocycles. The minimum Gasteiger partial charge on any atom is -0.494 e. The molecule has 1 saturated carbocycles. The van der Waals surface area contributed by atoms with Crippen molar-refractivity contribution in [2.45, 2.75) is 58.0 Å². The van der Waals surface area contributed by atoms with E-state index < -0.39 is 5.60 Å². The molecule has 1 aliphatic carbocycles. The van der Waals surface area contributed by atoms with Crippen molar-refractivity contribution in [1.29, 1.82) is 0 Å². The van der Waals surface area contributed by atoms with Crippen LogP contribution in [0.2, 0.25) is 0 Å². The summed E-state index contributed by atoms with van der Waals surface area (Å²) in [7, 11) is 0. The summed E-state index contributed by atoms with van der Waals surface area (Å²) in [6.45, 7) is 4.91. The molecule has 0 aliphatic heterocycles. The van der Waals surface area contributed by atoms with Gasteiger partial charge in [0.1, 0.15) is 5.75 Å². The van der Waals surface area contributed by atoms with Crippen LogP contribution in [-0.2, 0) is 5.60 Å². The van der Waals surface area contributed by atoms with Gasteiger partial charge in [-0.2, -0.15) is 0 Å². The molecule has 2 atom stereocenters. The predicted molar refractivity (Wildman–Crippen MR) is 78.4 cm³/mol. The van der Waals surface area contributed by atoms with Crippen molar-refractivity contribution >= 4 is 0 Å². The first kappa shape index (κ1) is 14.4. The number of rotatable bonds is 4. The average molecular weight is 262 g/mol. The van der Waals surface area contributed by atoms with Gasteiger partial charge in [-0.05, 0) is 56.2 Å². The van der Waals surface area contributed by atoms with Gasteiger partial charge in [0.15, 0.2) is 0 Å². The van der Waals surface area contributed by atoms with E-state index in [0.717, 1.165) is 42.9 Å². The average Bonchev–Trinajstić information content (AvgIpc) is 2.62.